The van der Waals surface area contributed by atoms with Crippen molar-refractivity contribution in [2.75, 3.05) is 26.0 Å². The lowest BCUT2D eigenvalue weighted by molar-refractivity contribution is -0.129. The summed E-state index contributed by atoms with van der Waals surface area (Å²) in [5.74, 6) is 2.51. The van der Waals surface area contributed by atoms with E-state index in [-0.39, 0.29) is 11.3 Å². The van der Waals surface area contributed by atoms with Crippen LogP contribution in [0.15, 0.2) is 24.3 Å². The molecule has 4 nitrogen and oxygen atoms in total. The monoisotopic (exact) mass is 267 g/mol. The van der Waals surface area contributed by atoms with Crippen LogP contribution in [-0.4, -0.2) is 42.2 Å². The molecular formula is C13H17NO3S. The van der Waals surface area contributed by atoms with Gasteiger partial charge in [0.25, 0.3) is 0 Å². The molecule has 1 aromatic carbocycles. The molecule has 1 fully saturated rings. The molecule has 0 unspecified atom stereocenters. The van der Waals surface area contributed by atoms with Crippen molar-refractivity contribution in [1.82, 2.24) is 4.90 Å². The van der Waals surface area contributed by atoms with E-state index in [0.717, 1.165) is 23.8 Å². The van der Waals surface area contributed by atoms with Crippen molar-refractivity contribution in [3.05, 3.63) is 24.3 Å². The highest BCUT2D eigenvalue weighted by Crippen LogP contribution is 2.29. The number of carbonyl (C=O) groups is 1. The SMILES string of the molecule is COc1ccccc1OC[C@@H]1SCCN1C(C)=O. The summed E-state index contributed by atoms with van der Waals surface area (Å²) in [6.07, 6.45) is 0. The molecule has 1 aliphatic rings. The lowest BCUT2D eigenvalue weighted by atomic mass is 10.3. The smallest absolute Gasteiger partial charge is 0.220 e. The summed E-state index contributed by atoms with van der Waals surface area (Å²) in [6, 6.07) is 7.54. The number of benzene rings is 1. The molecule has 5 heteroatoms. The minimum Gasteiger partial charge on any atom is -0.493 e. The molecule has 18 heavy (non-hydrogen) atoms. The van der Waals surface area contributed by atoms with Crippen LogP contribution in [0.2, 0.25) is 0 Å². The van der Waals surface area contributed by atoms with Crippen LogP contribution in [0.25, 0.3) is 0 Å². The van der Waals surface area contributed by atoms with Crippen LogP contribution in [0.4, 0.5) is 0 Å². The van der Waals surface area contributed by atoms with Gasteiger partial charge >= 0.3 is 0 Å². The zero-order chi connectivity index (χ0) is 13.0. The molecule has 2 rings (SSSR count). The van der Waals surface area contributed by atoms with E-state index < -0.39 is 0 Å². The molecule has 0 aliphatic carbocycles. The Hall–Kier alpha value is -1.36. The lowest BCUT2D eigenvalue weighted by Gasteiger charge is -2.22. The van der Waals surface area contributed by atoms with Crippen LogP contribution < -0.4 is 9.47 Å². The Morgan fingerprint density at radius 1 is 1.44 bits per heavy atom. The minimum absolute atomic E-state index is 0.104. The van der Waals surface area contributed by atoms with Crippen molar-refractivity contribution in [3.63, 3.8) is 0 Å². The molecule has 0 aromatic heterocycles. The number of methoxy groups -OCH3 is 1. The van der Waals surface area contributed by atoms with Gasteiger partial charge < -0.3 is 14.4 Å². The molecular weight excluding hydrogens is 250 g/mol. The third-order valence-corrected chi connectivity index (χ3v) is 4.04. The summed E-state index contributed by atoms with van der Waals surface area (Å²) in [4.78, 5) is 13.3. The third kappa shape index (κ3) is 2.90. The first-order valence-corrected chi connectivity index (χ1v) is 6.92. The van der Waals surface area contributed by atoms with Gasteiger partial charge in [0.15, 0.2) is 11.5 Å². The number of amides is 1. The molecule has 0 bridgehead atoms. The zero-order valence-electron chi connectivity index (χ0n) is 10.6. The summed E-state index contributed by atoms with van der Waals surface area (Å²) in [6.45, 7) is 2.90. The van der Waals surface area contributed by atoms with E-state index in [9.17, 15) is 4.79 Å². The largest absolute Gasteiger partial charge is 0.493 e. The highest BCUT2D eigenvalue weighted by atomic mass is 32.2. The van der Waals surface area contributed by atoms with Gasteiger partial charge in [-0.25, -0.2) is 0 Å². The molecule has 1 saturated heterocycles. The quantitative estimate of drug-likeness (QED) is 0.836. The van der Waals surface area contributed by atoms with E-state index in [0.29, 0.717) is 6.61 Å². The molecule has 1 amide bonds. The summed E-state index contributed by atoms with van der Waals surface area (Å²) in [7, 11) is 1.62. The normalized spacial score (nSPS) is 18.8. The second-order valence-corrected chi connectivity index (χ2v) is 5.29. The second-order valence-electron chi connectivity index (χ2n) is 4.00. The van der Waals surface area contributed by atoms with Crippen molar-refractivity contribution in [2.45, 2.75) is 12.3 Å². The lowest BCUT2D eigenvalue weighted by Crippen LogP contribution is -2.36. The Morgan fingerprint density at radius 2 is 2.17 bits per heavy atom. The van der Waals surface area contributed by atoms with E-state index in [1.807, 2.05) is 29.2 Å². The number of para-hydroxylation sites is 2. The molecule has 1 aliphatic heterocycles. The fourth-order valence-corrected chi connectivity index (χ4v) is 3.09. The van der Waals surface area contributed by atoms with Crippen LogP contribution in [-0.2, 0) is 4.79 Å². The number of thioether (sulfide) groups is 1. The zero-order valence-corrected chi connectivity index (χ0v) is 11.4. The highest BCUT2D eigenvalue weighted by molar-refractivity contribution is 8.00. The predicted molar refractivity (Wildman–Crippen MR) is 72.1 cm³/mol. The number of hydrogen-bond acceptors (Lipinski definition) is 4. The van der Waals surface area contributed by atoms with Gasteiger partial charge in [0.2, 0.25) is 5.91 Å². The summed E-state index contributed by atoms with van der Waals surface area (Å²) < 4.78 is 11.0. The van der Waals surface area contributed by atoms with Gasteiger partial charge in [0.05, 0.1) is 7.11 Å². The van der Waals surface area contributed by atoms with Crippen LogP contribution >= 0.6 is 11.8 Å². The minimum atomic E-state index is 0.104. The van der Waals surface area contributed by atoms with Crippen molar-refractivity contribution >= 4 is 17.7 Å². The Bertz CT molecular complexity index is 424. The second kappa shape index (κ2) is 6.00. The maximum Gasteiger partial charge on any atom is 0.220 e. The van der Waals surface area contributed by atoms with Gasteiger partial charge in [0, 0.05) is 19.2 Å². The number of nitrogens with zero attached hydrogens (tertiary/aromatic N) is 1. The molecule has 1 heterocycles. The van der Waals surface area contributed by atoms with Crippen molar-refractivity contribution in [2.24, 2.45) is 0 Å². The Balaban J connectivity index is 1.97. The van der Waals surface area contributed by atoms with Crippen LogP contribution in [0.3, 0.4) is 0 Å². The predicted octanol–water partition coefficient (Wildman–Crippen LogP) is 2.00. The van der Waals surface area contributed by atoms with E-state index in [2.05, 4.69) is 0 Å². The fraction of sp³-hybridized carbons (Fsp3) is 0.462. The van der Waals surface area contributed by atoms with Gasteiger partial charge in [-0.3, -0.25) is 4.79 Å². The Morgan fingerprint density at radius 3 is 2.83 bits per heavy atom. The van der Waals surface area contributed by atoms with Crippen LogP contribution in [0.5, 0.6) is 11.5 Å². The summed E-state index contributed by atoms with van der Waals surface area (Å²) in [5.41, 5.74) is 0. The van der Waals surface area contributed by atoms with E-state index >= 15 is 0 Å². The third-order valence-electron chi connectivity index (χ3n) is 2.85. The first-order chi connectivity index (χ1) is 8.72. The molecule has 0 saturated carbocycles. The Kier molecular flexibility index (Phi) is 4.36. The standard InChI is InChI=1S/C13H17NO3S/c1-10(15)14-7-8-18-13(14)9-17-12-6-4-3-5-11(12)16-2/h3-6,13H,7-9H2,1-2H3/t13-/m0/s1. The molecule has 1 atom stereocenters. The number of hydrogen-bond donors (Lipinski definition) is 0. The average molecular weight is 267 g/mol. The van der Waals surface area contributed by atoms with E-state index in [1.165, 1.54) is 0 Å². The van der Waals surface area contributed by atoms with Crippen molar-refractivity contribution in [1.29, 1.82) is 0 Å². The van der Waals surface area contributed by atoms with E-state index in [4.69, 9.17) is 9.47 Å². The van der Waals surface area contributed by atoms with Gasteiger partial charge in [-0.05, 0) is 12.1 Å². The maximum atomic E-state index is 11.4. The van der Waals surface area contributed by atoms with Gasteiger partial charge in [-0.1, -0.05) is 12.1 Å². The number of ether oxygens (including phenoxy) is 2. The summed E-state index contributed by atoms with van der Waals surface area (Å²) in [5, 5.41) is 0.104. The summed E-state index contributed by atoms with van der Waals surface area (Å²) >= 11 is 1.75. The fourth-order valence-electron chi connectivity index (χ4n) is 1.92. The highest BCUT2D eigenvalue weighted by Gasteiger charge is 2.27. The maximum absolute atomic E-state index is 11.4. The molecule has 98 valence electrons. The Labute approximate surface area is 111 Å². The number of carbonyl (C=O) groups excluding carboxylic acids is 1. The van der Waals surface area contributed by atoms with Gasteiger partial charge in [0.1, 0.15) is 12.0 Å². The molecule has 0 radical (unpaired) electrons. The van der Waals surface area contributed by atoms with E-state index in [1.54, 1.807) is 25.8 Å². The van der Waals surface area contributed by atoms with Gasteiger partial charge in [-0.2, -0.15) is 0 Å². The topological polar surface area (TPSA) is 38.8 Å². The average Bonchev–Trinajstić information content (AvgIpc) is 2.85. The first-order valence-electron chi connectivity index (χ1n) is 5.87. The molecule has 0 N–H and O–H groups in total. The molecule has 0 spiro atoms. The van der Waals surface area contributed by atoms with Crippen LogP contribution in [0, 0.1) is 0 Å². The van der Waals surface area contributed by atoms with Gasteiger partial charge in [-0.15, -0.1) is 11.8 Å². The van der Waals surface area contributed by atoms with Crippen molar-refractivity contribution < 1.29 is 14.3 Å². The number of rotatable bonds is 4. The first kappa shape index (κ1) is 13.1. The van der Waals surface area contributed by atoms with Crippen molar-refractivity contribution in [3.8, 4) is 11.5 Å². The molecule has 1 aromatic rings. The van der Waals surface area contributed by atoms with Crippen LogP contribution in [0.1, 0.15) is 6.92 Å².